The molecule has 1 unspecified atom stereocenters. The molecular formula is C23H25NO4. The minimum absolute atomic E-state index is 0.345. The lowest BCUT2D eigenvalue weighted by atomic mass is 9.98. The zero-order valence-corrected chi connectivity index (χ0v) is 16.8. The Balaban J connectivity index is 1.96. The van der Waals surface area contributed by atoms with Crippen LogP contribution in [0.15, 0.2) is 57.7 Å². The molecule has 5 heteroatoms. The van der Waals surface area contributed by atoms with E-state index in [4.69, 9.17) is 9.15 Å². The average molecular weight is 379 g/mol. The highest BCUT2D eigenvalue weighted by molar-refractivity contribution is 5.95. The van der Waals surface area contributed by atoms with Gasteiger partial charge in [0.25, 0.3) is 0 Å². The first-order chi connectivity index (χ1) is 13.1. The van der Waals surface area contributed by atoms with E-state index in [9.17, 15) is 9.59 Å². The number of benzene rings is 2. The lowest BCUT2D eigenvalue weighted by Gasteiger charge is -2.23. The molecule has 28 heavy (non-hydrogen) atoms. The first-order valence-corrected chi connectivity index (χ1v) is 9.27. The number of hydrogen-bond donors (Lipinski definition) is 1. The van der Waals surface area contributed by atoms with Crippen molar-refractivity contribution in [2.24, 2.45) is 0 Å². The summed E-state index contributed by atoms with van der Waals surface area (Å²) >= 11 is 0. The van der Waals surface area contributed by atoms with Gasteiger partial charge in [0, 0.05) is 28.8 Å². The predicted octanol–water partition coefficient (Wildman–Crippen LogP) is 4.91. The maximum Gasteiger partial charge on any atom is 0.336 e. The Morgan fingerprint density at radius 2 is 1.79 bits per heavy atom. The van der Waals surface area contributed by atoms with Crippen molar-refractivity contribution in [1.29, 1.82) is 0 Å². The third-order valence-corrected chi connectivity index (χ3v) is 4.32. The summed E-state index contributed by atoms with van der Waals surface area (Å²) in [5, 5.41) is 3.95. The van der Waals surface area contributed by atoms with Crippen LogP contribution in [0.3, 0.4) is 0 Å². The van der Waals surface area contributed by atoms with Crippen LogP contribution in [-0.4, -0.2) is 17.6 Å². The minimum Gasteiger partial charge on any atom is -0.458 e. The summed E-state index contributed by atoms with van der Waals surface area (Å²) in [7, 11) is 0. The Bertz CT molecular complexity index is 1080. The first kappa shape index (κ1) is 19.7. The first-order valence-electron chi connectivity index (χ1n) is 9.27. The van der Waals surface area contributed by atoms with Crippen LogP contribution in [0.4, 0.5) is 5.69 Å². The van der Waals surface area contributed by atoms with Gasteiger partial charge in [-0.2, -0.15) is 0 Å². The lowest BCUT2D eigenvalue weighted by molar-refractivity contribution is -0.155. The van der Waals surface area contributed by atoms with Gasteiger partial charge in [-0.15, -0.1) is 0 Å². The summed E-state index contributed by atoms with van der Waals surface area (Å²) in [6, 6.07) is 14.4. The third-order valence-electron chi connectivity index (χ3n) is 4.32. The minimum atomic E-state index is -0.550. The van der Waals surface area contributed by atoms with Gasteiger partial charge in [0.1, 0.15) is 17.2 Å². The van der Waals surface area contributed by atoms with Crippen LogP contribution in [0, 0.1) is 6.92 Å². The van der Waals surface area contributed by atoms with Crippen LogP contribution >= 0.6 is 0 Å². The fraction of sp³-hybridized carbons (Fsp3) is 0.304. The summed E-state index contributed by atoms with van der Waals surface area (Å²) in [5.41, 5.74) is 3.08. The van der Waals surface area contributed by atoms with Crippen molar-refractivity contribution in [3.05, 3.63) is 64.5 Å². The van der Waals surface area contributed by atoms with Crippen molar-refractivity contribution in [1.82, 2.24) is 0 Å². The zero-order chi connectivity index (χ0) is 20.5. The molecule has 1 N–H and O–H groups in total. The predicted molar refractivity (Wildman–Crippen MR) is 112 cm³/mol. The number of carbonyl (C=O) groups excluding carboxylic acids is 1. The normalized spacial score (nSPS) is 12.6. The molecule has 0 fully saturated rings. The van der Waals surface area contributed by atoms with Crippen LogP contribution in [-0.2, 0) is 9.53 Å². The van der Waals surface area contributed by atoms with Crippen molar-refractivity contribution >= 4 is 22.6 Å². The van der Waals surface area contributed by atoms with Gasteiger partial charge in [-0.3, -0.25) is 0 Å². The number of esters is 1. The van der Waals surface area contributed by atoms with Crippen LogP contribution < -0.4 is 10.9 Å². The van der Waals surface area contributed by atoms with Gasteiger partial charge >= 0.3 is 11.6 Å². The Labute approximate surface area is 164 Å². The van der Waals surface area contributed by atoms with E-state index in [2.05, 4.69) is 5.32 Å². The van der Waals surface area contributed by atoms with E-state index in [1.807, 2.05) is 64.1 Å². The SMILES string of the molecule is Cc1ccccc1-c1cc(=O)oc2cc(NC(C)C(=O)OC(C)(C)C)ccc12. The smallest absolute Gasteiger partial charge is 0.336 e. The van der Waals surface area contributed by atoms with E-state index >= 15 is 0 Å². The molecule has 5 nitrogen and oxygen atoms in total. The fourth-order valence-corrected chi connectivity index (χ4v) is 3.05. The maximum atomic E-state index is 12.2. The van der Waals surface area contributed by atoms with Crippen LogP contribution in [0.2, 0.25) is 0 Å². The summed E-state index contributed by atoms with van der Waals surface area (Å²) < 4.78 is 10.8. The molecule has 2 aromatic carbocycles. The molecule has 0 aliphatic carbocycles. The van der Waals surface area contributed by atoms with Gasteiger partial charge in [0.2, 0.25) is 0 Å². The van der Waals surface area contributed by atoms with E-state index in [0.717, 1.165) is 22.1 Å². The molecule has 0 aliphatic heterocycles. The van der Waals surface area contributed by atoms with Crippen LogP contribution in [0.1, 0.15) is 33.3 Å². The Hall–Kier alpha value is -3.08. The maximum absolute atomic E-state index is 12.2. The van der Waals surface area contributed by atoms with Crippen molar-refractivity contribution in [3.63, 3.8) is 0 Å². The zero-order valence-electron chi connectivity index (χ0n) is 16.8. The molecule has 0 aliphatic rings. The van der Waals surface area contributed by atoms with E-state index in [-0.39, 0.29) is 5.97 Å². The number of rotatable bonds is 4. The summed E-state index contributed by atoms with van der Waals surface area (Å²) in [4.78, 5) is 24.3. The second-order valence-corrected chi connectivity index (χ2v) is 7.90. The topological polar surface area (TPSA) is 68.5 Å². The molecular weight excluding hydrogens is 354 g/mol. The van der Waals surface area contributed by atoms with E-state index < -0.39 is 17.3 Å². The molecule has 0 amide bonds. The standard InChI is InChI=1S/C23H25NO4/c1-14-8-6-7-9-17(14)19-13-21(25)27-20-12-16(10-11-18(19)20)24-15(2)22(26)28-23(3,4)5/h6-13,15,24H,1-5H3. The number of ether oxygens (including phenoxy) is 1. The molecule has 3 rings (SSSR count). The van der Waals surface area contributed by atoms with Crippen LogP contribution in [0.25, 0.3) is 22.1 Å². The molecule has 3 aromatic rings. The molecule has 0 saturated carbocycles. The fourth-order valence-electron chi connectivity index (χ4n) is 3.05. The molecule has 1 aromatic heterocycles. The molecule has 0 bridgehead atoms. The summed E-state index contributed by atoms with van der Waals surface area (Å²) in [6.07, 6.45) is 0. The van der Waals surface area contributed by atoms with Gasteiger partial charge in [-0.1, -0.05) is 24.3 Å². The van der Waals surface area contributed by atoms with E-state index in [0.29, 0.717) is 11.3 Å². The second kappa shape index (κ2) is 7.50. The highest BCUT2D eigenvalue weighted by atomic mass is 16.6. The molecule has 1 atom stereocenters. The van der Waals surface area contributed by atoms with Crippen LogP contribution in [0.5, 0.6) is 0 Å². The van der Waals surface area contributed by atoms with E-state index in [1.54, 1.807) is 13.0 Å². The van der Waals surface area contributed by atoms with Gasteiger partial charge in [-0.25, -0.2) is 9.59 Å². The molecule has 0 saturated heterocycles. The van der Waals surface area contributed by atoms with Gasteiger partial charge in [-0.05, 0) is 57.9 Å². The summed E-state index contributed by atoms with van der Waals surface area (Å²) in [5.74, 6) is -0.345. The molecule has 0 spiro atoms. The Kier molecular flexibility index (Phi) is 5.27. The van der Waals surface area contributed by atoms with Gasteiger partial charge < -0.3 is 14.5 Å². The van der Waals surface area contributed by atoms with Crippen molar-refractivity contribution in [2.45, 2.75) is 46.3 Å². The summed E-state index contributed by atoms with van der Waals surface area (Å²) in [6.45, 7) is 9.23. The van der Waals surface area contributed by atoms with Gasteiger partial charge in [0.05, 0.1) is 0 Å². The Morgan fingerprint density at radius 1 is 1.07 bits per heavy atom. The molecule has 0 radical (unpaired) electrons. The molecule has 146 valence electrons. The monoisotopic (exact) mass is 379 g/mol. The highest BCUT2D eigenvalue weighted by Gasteiger charge is 2.21. The van der Waals surface area contributed by atoms with Crippen molar-refractivity contribution < 1.29 is 13.9 Å². The largest absolute Gasteiger partial charge is 0.458 e. The Morgan fingerprint density at radius 3 is 2.46 bits per heavy atom. The second-order valence-electron chi connectivity index (χ2n) is 7.90. The number of fused-ring (bicyclic) bond motifs is 1. The third kappa shape index (κ3) is 4.42. The average Bonchev–Trinajstić information content (AvgIpc) is 2.59. The van der Waals surface area contributed by atoms with E-state index in [1.165, 1.54) is 6.07 Å². The van der Waals surface area contributed by atoms with Crippen molar-refractivity contribution in [3.8, 4) is 11.1 Å². The number of hydrogen-bond acceptors (Lipinski definition) is 5. The highest BCUT2D eigenvalue weighted by Crippen LogP contribution is 2.31. The van der Waals surface area contributed by atoms with Gasteiger partial charge in [0.15, 0.2) is 0 Å². The number of carbonyl (C=O) groups is 1. The number of aryl methyl sites for hydroxylation is 1. The molecule has 1 heterocycles. The quantitative estimate of drug-likeness (QED) is 0.515. The number of nitrogens with one attached hydrogen (secondary N) is 1. The number of anilines is 1. The lowest BCUT2D eigenvalue weighted by Crippen LogP contribution is -2.34. The van der Waals surface area contributed by atoms with Crippen molar-refractivity contribution in [2.75, 3.05) is 5.32 Å².